The van der Waals surface area contributed by atoms with Crippen LogP contribution in [0.2, 0.25) is 0 Å². The number of rotatable bonds is 12. The molecule has 0 spiro atoms. The van der Waals surface area contributed by atoms with Crippen LogP contribution >= 0.6 is 0 Å². The molecule has 0 aliphatic heterocycles. The number of benzene rings is 6. The van der Waals surface area contributed by atoms with Crippen molar-refractivity contribution >= 4 is 34.1 Å². The van der Waals surface area contributed by atoms with E-state index in [0.717, 1.165) is 45.6 Å². The number of hydrogen-bond donors (Lipinski definition) is 0. The maximum Gasteiger partial charge on any atom is 0.119 e. The Bertz CT molecular complexity index is 1510. The third kappa shape index (κ3) is 7.18. The summed E-state index contributed by atoms with van der Waals surface area (Å²) in [5.41, 5.74) is 6.56. The molecular weight excluding hydrogens is 540 g/mol. The predicted octanol–water partition coefficient (Wildman–Crippen LogP) is 10.6. The van der Waals surface area contributed by atoms with Gasteiger partial charge in [-0.15, -0.1) is 0 Å². The van der Waals surface area contributed by atoms with Gasteiger partial charge in [0.15, 0.2) is 0 Å². The van der Waals surface area contributed by atoms with Gasteiger partial charge in [0, 0.05) is 34.1 Å². The molecule has 216 valence electrons. The molecule has 0 saturated carbocycles. The van der Waals surface area contributed by atoms with E-state index in [4.69, 9.17) is 9.47 Å². The van der Waals surface area contributed by atoms with Crippen molar-refractivity contribution in [2.24, 2.45) is 0 Å². The summed E-state index contributed by atoms with van der Waals surface area (Å²) < 4.78 is 11.9. The highest BCUT2D eigenvalue weighted by Crippen LogP contribution is 2.36. The van der Waals surface area contributed by atoms with Crippen molar-refractivity contribution in [3.8, 4) is 11.5 Å². The van der Waals surface area contributed by atoms with Crippen LogP contribution in [0.1, 0.15) is 0 Å². The van der Waals surface area contributed by atoms with Gasteiger partial charge >= 0.3 is 0 Å². The third-order valence-electron chi connectivity index (χ3n) is 7.11. The van der Waals surface area contributed by atoms with E-state index in [-0.39, 0.29) is 0 Å². The lowest BCUT2D eigenvalue weighted by atomic mass is 10.2. The van der Waals surface area contributed by atoms with E-state index in [2.05, 4.69) is 131 Å². The first-order valence-electron chi connectivity index (χ1n) is 14.8. The summed E-state index contributed by atoms with van der Waals surface area (Å²) in [5, 5.41) is 0. The molecule has 0 aliphatic carbocycles. The third-order valence-corrected chi connectivity index (χ3v) is 7.11. The van der Waals surface area contributed by atoms with Crippen molar-refractivity contribution in [2.45, 2.75) is 0 Å². The van der Waals surface area contributed by atoms with Crippen LogP contribution < -0.4 is 19.3 Å². The van der Waals surface area contributed by atoms with Gasteiger partial charge in [0.25, 0.3) is 0 Å². The molecule has 0 amide bonds. The van der Waals surface area contributed by atoms with Crippen LogP contribution in [0.4, 0.5) is 34.1 Å². The maximum absolute atomic E-state index is 5.96. The minimum absolute atomic E-state index is 0.464. The molecule has 0 N–H and O–H groups in total. The Kier molecular flexibility index (Phi) is 9.31. The molecule has 6 rings (SSSR count). The minimum atomic E-state index is 0.464. The van der Waals surface area contributed by atoms with Crippen molar-refractivity contribution in [3.05, 3.63) is 182 Å². The van der Waals surface area contributed by atoms with Gasteiger partial charge in [-0.3, -0.25) is 0 Å². The second-order valence-corrected chi connectivity index (χ2v) is 10.1. The summed E-state index contributed by atoms with van der Waals surface area (Å²) in [6.07, 6.45) is 3.96. The predicted molar refractivity (Wildman–Crippen MR) is 182 cm³/mol. The lowest BCUT2D eigenvalue weighted by Crippen LogP contribution is -2.09. The minimum Gasteiger partial charge on any atom is -0.490 e. The van der Waals surface area contributed by atoms with Gasteiger partial charge in [0.1, 0.15) is 24.7 Å². The fraction of sp³-hybridized carbons (Fsp3) is 0.0500. The van der Waals surface area contributed by atoms with Gasteiger partial charge in [0.05, 0.1) is 0 Å². The Morgan fingerprint density at radius 1 is 0.318 bits per heavy atom. The normalized spacial score (nSPS) is 10.8. The van der Waals surface area contributed by atoms with Crippen LogP contribution in [-0.4, -0.2) is 13.2 Å². The van der Waals surface area contributed by atoms with Crippen LogP contribution in [0.5, 0.6) is 11.5 Å². The van der Waals surface area contributed by atoms with E-state index < -0.39 is 0 Å². The summed E-state index contributed by atoms with van der Waals surface area (Å²) in [7, 11) is 0. The van der Waals surface area contributed by atoms with Crippen molar-refractivity contribution in [3.63, 3.8) is 0 Å². The molecular formula is C40H34N2O2. The molecule has 0 aliphatic rings. The fourth-order valence-corrected chi connectivity index (χ4v) is 5.01. The number of para-hydroxylation sites is 4. The molecule has 0 heterocycles. The molecule has 0 fully saturated rings. The lowest BCUT2D eigenvalue weighted by molar-refractivity contribution is 0.350. The first-order chi connectivity index (χ1) is 21.8. The van der Waals surface area contributed by atoms with Crippen molar-refractivity contribution < 1.29 is 9.47 Å². The SMILES string of the molecule is C(=C\COc1ccc(N(c2ccccc2)c2ccccc2)cc1)/COc1ccc(N(c2ccccc2)c2ccccc2)cc1. The molecule has 0 bridgehead atoms. The zero-order chi connectivity index (χ0) is 29.8. The Morgan fingerprint density at radius 3 is 0.841 bits per heavy atom. The summed E-state index contributed by atoms with van der Waals surface area (Å²) in [6, 6.07) is 57.9. The maximum atomic E-state index is 5.96. The topological polar surface area (TPSA) is 24.9 Å². The number of ether oxygens (including phenoxy) is 2. The Labute approximate surface area is 259 Å². The molecule has 0 atom stereocenters. The smallest absolute Gasteiger partial charge is 0.119 e. The van der Waals surface area contributed by atoms with Crippen molar-refractivity contribution in [1.29, 1.82) is 0 Å². The molecule has 0 saturated heterocycles. The van der Waals surface area contributed by atoms with Crippen LogP contribution in [0.25, 0.3) is 0 Å². The highest BCUT2D eigenvalue weighted by atomic mass is 16.5. The van der Waals surface area contributed by atoms with E-state index in [1.807, 2.05) is 60.7 Å². The van der Waals surface area contributed by atoms with Crippen LogP contribution in [0.15, 0.2) is 182 Å². The molecule has 6 aromatic rings. The standard InChI is InChI=1S/C40H34N2O2/c1-5-15-33(16-6-1)41(34-17-7-2-8-18-34)37-23-27-39(28-24-37)43-31-13-14-32-44-40-29-25-38(26-30-40)42(35-19-9-3-10-20-35)36-21-11-4-12-22-36/h1-30H,31-32H2/b14-13+. The summed E-state index contributed by atoms with van der Waals surface area (Å²) in [4.78, 5) is 4.46. The Morgan fingerprint density at radius 2 is 0.568 bits per heavy atom. The molecule has 0 aromatic heterocycles. The number of nitrogens with zero attached hydrogens (tertiary/aromatic N) is 2. The molecule has 0 radical (unpaired) electrons. The van der Waals surface area contributed by atoms with E-state index in [9.17, 15) is 0 Å². The van der Waals surface area contributed by atoms with Gasteiger partial charge in [0.2, 0.25) is 0 Å². The zero-order valence-corrected chi connectivity index (χ0v) is 24.4. The number of anilines is 6. The average Bonchev–Trinajstić information content (AvgIpc) is 3.10. The van der Waals surface area contributed by atoms with Crippen molar-refractivity contribution in [1.82, 2.24) is 0 Å². The Balaban J connectivity index is 1.02. The highest BCUT2D eigenvalue weighted by molar-refractivity contribution is 5.77. The first kappa shape index (κ1) is 28.4. The van der Waals surface area contributed by atoms with E-state index in [1.54, 1.807) is 0 Å². The van der Waals surface area contributed by atoms with E-state index >= 15 is 0 Å². The monoisotopic (exact) mass is 574 g/mol. The van der Waals surface area contributed by atoms with Gasteiger partial charge in [-0.2, -0.15) is 0 Å². The van der Waals surface area contributed by atoms with Crippen molar-refractivity contribution in [2.75, 3.05) is 23.0 Å². The largest absolute Gasteiger partial charge is 0.490 e. The summed E-state index contributed by atoms with van der Waals surface area (Å²) in [5.74, 6) is 1.63. The lowest BCUT2D eigenvalue weighted by Gasteiger charge is -2.25. The van der Waals surface area contributed by atoms with Gasteiger partial charge in [-0.25, -0.2) is 0 Å². The highest BCUT2D eigenvalue weighted by Gasteiger charge is 2.13. The number of hydrogen-bond acceptors (Lipinski definition) is 4. The van der Waals surface area contributed by atoms with E-state index in [0.29, 0.717) is 13.2 Å². The van der Waals surface area contributed by atoms with Gasteiger partial charge in [-0.1, -0.05) is 72.8 Å². The van der Waals surface area contributed by atoms with Crippen LogP contribution in [0, 0.1) is 0 Å². The molecule has 44 heavy (non-hydrogen) atoms. The Hall–Kier alpha value is -5.74. The molecule has 4 heteroatoms. The summed E-state index contributed by atoms with van der Waals surface area (Å²) >= 11 is 0. The van der Waals surface area contributed by atoms with Gasteiger partial charge < -0.3 is 19.3 Å². The van der Waals surface area contributed by atoms with Crippen LogP contribution in [-0.2, 0) is 0 Å². The second kappa shape index (κ2) is 14.4. The second-order valence-electron chi connectivity index (χ2n) is 10.1. The average molecular weight is 575 g/mol. The molecule has 4 nitrogen and oxygen atoms in total. The van der Waals surface area contributed by atoms with Crippen LogP contribution in [0.3, 0.4) is 0 Å². The fourth-order valence-electron chi connectivity index (χ4n) is 5.01. The first-order valence-corrected chi connectivity index (χ1v) is 14.8. The summed E-state index contributed by atoms with van der Waals surface area (Å²) in [6.45, 7) is 0.928. The quantitative estimate of drug-likeness (QED) is 0.136. The van der Waals surface area contributed by atoms with Gasteiger partial charge in [-0.05, 0) is 109 Å². The zero-order valence-electron chi connectivity index (χ0n) is 24.4. The molecule has 6 aromatic carbocycles. The molecule has 0 unspecified atom stereocenters. The van der Waals surface area contributed by atoms with E-state index in [1.165, 1.54) is 0 Å².